The molecule has 0 aliphatic rings. The van der Waals surface area contributed by atoms with E-state index in [9.17, 15) is 14.0 Å². The highest BCUT2D eigenvalue weighted by atomic mass is 19.1. The van der Waals surface area contributed by atoms with E-state index in [2.05, 4.69) is 15.4 Å². The first-order valence-corrected chi connectivity index (χ1v) is 10.7. The maximum absolute atomic E-state index is 13.3. The normalized spacial score (nSPS) is 11.1. The van der Waals surface area contributed by atoms with E-state index in [1.807, 2.05) is 13.0 Å². The van der Waals surface area contributed by atoms with Crippen LogP contribution in [0, 0.1) is 12.7 Å². The van der Waals surface area contributed by atoms with Gasteiger partial charge >= 0.3 is 5.69 Å². The first-order valence-electron chi connectivity index (χ1n) is 10.7. The summed E-state index contributed by atoms with van der Waals surface area (Å²) in [7, 11) is 1.51. The van der Waals surface area contributed by atoms with E-state index in [0.29, 0.717) is 28.2 Å². The van der Waals surface area contributed by atoms with E-state index < -0.39 is 17.4 Å². The molecule has 0 aliphatic heterocycles. The molecule has 2 heterocycles. The van der Waals surface area contributed by atoms with E-state index in [0.717, 1.165) is 10.2 Å². The molecular formula is C25H20FN5O4. The quantitative estimate of drug-likeness (QED) is 0.401. The summed E-state index contributed by atoms with van der Waals surface area (Å²) in [4.78, 5) is 30.6. The Kier molecular flexibility index (Phi) is 5.61. The number of aromatic nitrogens is 4. The van der Waals surface area contributed by atoms with Gasteiger partial charge in [-0.1, -0.05) is 18.2 Å². The summed E-state index contributed by atoms with van der Waals surface area (Å²) < 4.78 is 26.8. The van der Waals surface area contributed by atoms with Gasteiger partial charge in [0.1, 0.15) is 23.9 Å². The van der Waals surface area contributed by atoms with Gasteiger partial charge in [-0.2, -0.15) is 0 Å². The second kappa shape index (κ2) is 8.90. The molecule has 10 heteroatoms. The Hall–Kier alpha value is -4.73. The average molecular weight is 473 g/mol. The molecule has 5 rings (SSSR count). The van der Waals surface area contributed by atoms with Crippen LogP contribution in [0.2, 0.25) is 0 Å². The number of hydrogen-bond acceptors (Lipinski definition) is 6. The highest BCUT2D eigenvalue weighted by molar-refractivity contribution is 5.92. The number of carbonyl (C=O) groups excluding carboxylic acids is 1. The molecule has 1 amide bonds. The zero-order valence-electron chi connectivity index (χ0n) is 18.9. The Labute approximate surface area is 198 Å². The zero-order valence-corrected chi connectivity index (χ0v) is 18.9. The zero-order chi connectivity index (χ0) is 24.5. The first kappa shape index (κ1) is 22.1. The lowest BCUT2D eigenvalue weighted by atomic mass is 10.2. The molecule has 0 saturated heterocycles. The second-order valence-corrected chi connectivity index (χ2v) is 7.81. The Morgan fingerprint density at radius 1 is 1.09 bits per heavy atom. The second-order valence-electron chi connectivity index (χ2n) is 7.81. The van der Waals surface area contributed by atoms with Gasteiger partial charge in [0.2, 0.25) is 11.6 Å². The van der Waals surface area contributed by atoms with Crippen molar-refractivity contribution in [1.29, 1.82) is 0 Å². The van der Waals surface area contributed by atoms with Crippen LogP contribution < -0.4 is 20.5 Å². The number of fused-ring (bicyclic) bond motifs is 3. The predicted molar refractivity (Wildman–Crippen MR) is 128 cm³/mol. The number of para-hydroxylation sites is 2. The number of ether oxygens (including phenoxy) is 2. The fourth-order valence-electron chi connectivity index (χ4n) is 3.70. The lowest BCUT2D eigenvalue weighted by molar-refractivity contribution is -0.117. The van der Waals surface area contributed by atoms with E-state index in [1.165, 1.54) is 35.8 Å². The SMILES string of the molecule is COc1ccc(C)cc1NC(=O)Cn1nc2c(Oc3ccc(F)cc3)nc3ccccc3n2c1=O. The molecule has 1 N–H and O–H groups in total. The van der Waals surface area contributed by atoms with Crippen molar-refractivity contribution in [2.24, 2.45) is 0 Å². The number of methoxy groups -OCH3 is 1. The van der Waals surface area contributed by atoms with E-state index >= 15 is 0 Å². The largest absolute Gasteiger partial charge is 0.495 e. The number of anilines is 1. The monoisotopic (exact) mass is 473 g/mol. The summed E-state index contributed by atoms with van der Waals surface area (Å²) in [6.07, 6.45) is 0. The number of rotatable bonds is 6. The fraction of sp³-hybridized carbons (Fsp3) is 0.120. The molecule has 0 unspecified atom stereocenters. The molecule has 9 nitrogen and oxygen atoms in total. The summed E-state index contributed by atoms with van der Waals surface area (Å²) in [5, 5.41) is 7.10. The van der Waals surface area contributed by atoms with Gasteiger partial charge in [0.25, 0.3) is 5.88 Å². The molecule has 2 aromatic heterocycles. The van der Waals surface area contributed by atoms with Crippen molar-refractivity contribution in [3.05, 3.63) is 88.6 Å². The number of nitrogens with one attached hydrogen (secondary N) is 1. The molecule has 3 aromatic carbocycles. The maximum Gasteiger partial charge on any atom is 0.351 e. The van der Waals surface area contributed by atoms with E-state index in [4.69, 9.17) is 9.47 Å². The van der Waals surface area contributed by atoms with Crippen LogP contribution in [0.3, 0.4) is 0 Å². The van der Waals surface area contributed by atoms with Crippen molar-refractivity contribution in [2.75, 3.05) is 12.4 Å². The van der Waals surface area contributed by atoms with Crippen LogP contribution in [0.1, 0.15) is 5.56 Å². The minimum absolute atomic E-state index is 0.0481. The van der Waals surface area contributed by atoms with Gasteiger partial charge in [0.05, 0.1) is 23.8 Å². The molecule has 5 aromatic rings. The van der Waals surface area contributed by atoms with Gasteiger partial charge < -0.3 is 14.8 Å². The number of aryl methyl sites for hydroxylation is 1. The lowest BCUT2D eigenvalue weighted by Gasteiger charge is -2.10. The molecule has 0 aliphatic carbocycles. The number of amides is 1. The average Bonchev–Trinajstić information content (AvgIpc) is 3.17. The van der Waals surface area contributed by atoms with Crippen molar-refractivity contribution < 1.29 is 18.7 Å². The Morgan fingerprint density at radius 2 is 1.86 bits per heavy atom. The molecule has 0 atom stereocenters. The van der Waals surface area contributed by atoms with Crippen molar-refractivity contribution in [3.8, 4) is 17.4 Å². The first-order chi connectivity index (χ1) is 16.9. The molecule has 0 saturated carbocycles. The Morgan fingerprint density at radius 3 is 2.63 bits per heavy atom. The maximum atomic E-state index is 13.3. The number of benzene rings is 3. The molecule has 176 valence electrons. The van der Waals surface area contributed by atoms with E-state index in [1.54, 1.807) is 36.4 Å². The number of nitrogens with zero attached hydrogens (tertiary/aromatic N) is 4. The van der Waals surface area contributed by atoms with Crippen LogP contribution in [-0.4, -0.2) is 32.2 Å². The third-order valence-electron chi connectivity index (χ3n) is 5.33. The van der Waals surface area contributed by atoms with Crippen LogP contribution in [0.15, 0.2) is 71.5 Å². The molecule has 0 fully saturated rings. The van der Waals surface area contributed by atoms with Crippen LogP contribution in [-0.2, 0) is 11.3 Å². The highest BCUT2D eigenvalue weighted by Crippen LogP contribution is 2.27. The minimum atomic E-state index is -0.533. The highest BCUT2D eigenvalue weighted by Gasteiger charge is 2.19. The van der Waals surface area contributed by atoms with Gasteiger partial charge in [-0.25, -0.2) is 23.3 Å². The molecular weight excluding hydrogens is 453 g/mol. The van der Waals surface area contributed by atoms with Gasteiger partial charge in [0.15, 0.2) is 0 Å². The summed E-state index contributed by atoms with van der Waals surface area (Å²) in [6, 6.07) is 17.8. The van der Waals surface area contributed by atoms with E-state index in [-0.39, 0.29) is 18.1 Å². The number of hydrogen-bond donors (Lipinski definition) is 1. The minimum Gasteiger partial charge on any atom is -0.495 e. The third kappa shape index (κ3) is 4.29. The molecule has 0 spiro atoms. The smallest absolute Gasteiger partial charge is 0.351 e. The van der Waals surface area contributed by atoms with Crippen molar-refractivity contribution in [2.45, 2.75) is 13.5 Å². The van der Waals surface area contributed by atoms with Gasteiger partial charge in [0, 0.05) is 0 Å². The molecule has 0 radical (unpaired) electrons. The topological polar surface area (TPSA) is 99.8 Å². The van der Waals surface area contributed by atoms with Crippen molar-refractivity contribution >= 4 is 28.3 Å². The van der Waals surface area contributed by atoms with Gasteiger partial charge in [-0.15, -0.1) is 5.10 Å². The fourth-order valence-corrected chi connectivity index (χ4v) is 3.70. The molecule has 0 bridgehead atoms. The lowest BCUT2D eigenvalue weighted by Crippen LogP contribution is -2.28. The van der Waals surface area contributed by atoms with Gasteiger partial charge in [-0.05, 0) is 61.0 Å². The predicted octanol–water partition coefficient (Wildman–Crippen LogP) is 3.93. The Balaban J connectivity index is 1.54. The Bertz CT molecular complexity index is 1630. The van der Waals surface area contributed by atoms with Crippen LogP contribution >= 0.6 is 0 Å². The standard InChI is InChI=1S/C25H20FN5O4/c1-15-7-12-21(34-2)19(13-15)27-22(32)14-30-25(33)31-20-6-4-3-5-18(20)28-24(23(31)29-30)35-17-10-8-16(26)9-11-17/h3-13H,14H2,1-2H3,(H,27,32). The van der Waals surface area contributed by atoms with Crippen LogP contribution in [0.4, 0.5) is 10.1 Å². The van der Waals surface area contributed by atoms with Crippen LogP contribution in [0.25, 0.3) is 16.7 Å². The third-order valence-corrected chi connectivity index (χ3v) is 5.33. The van der Waals surface area contributed by atoms with Crippen molar-refractivity contribution in [1.82, 2.24) is 19.2 Å². The summed E-state index contributed by atoms with van der Waals surface area (Å²) in [5.74, 6) is -0.00541. The number of halogens is 1. The van der Waals surface area contributed by atoms with Gasteiger partial charge in [-0.3, -0.25) is 4.79 Å². The van der Waals surface area contributed by atoms with Crippen molar-refractivity contribution in [3.63, 3.8) is 0 Å². The summed E-state index contributed by atoms with van der Waals surface area (Å²) in [5.41, 5.74) is 2.01. The summed E-state index contributed by atoms with van der Waals surface area (Å²) >= 11 is 0. The summed E-state index contributed by atoms with van der Waals surface area (Å²) in [6.45, 7) is 1.55. The molecule has 35 heavy (non-hydrogen) atoms. The van der Waals surface area contributed by atoms with Crippen LogP contribution in [0.5, 0.6) is 17.4 Å². The number of carbonyl (C=O) groups is 1.